The van der Waals surface area contributed by atoms with Gasteiger partial charge in [-0.25, -0.2) is 4.79 Å². The van der Waals surface area contributed by atoms with E-state index >= 15 is 0 Å². The first-order chi connectivity index (χ1) is 10.7. The molecule has 0 amide bonds. The van der Waals surface area contributed by atoms with Crippen LogP contribution in [0.25, 0.3) is 0 Å². The number of nitrogens with zero attached hydrogens (tertiary/aromatic N) is 1. The Morgan fingerprint density at radius 2 is 1.91 bits per heavy atom. The highest BCUT2D eigenvalue weighted by molar-refractivity contribution is 5.76. The average Bonchev–Trinajstić information content (AvgIpc) is 2.54. The van der Waals surface area contributed by atoms with E-state index in [9.17, 15) is 4.79 Å². The summed E-state index contributed by atoms with van der Waals surface area (Å²) in [6, 6.07) is 13.1. The molecular formula is C18H23ClN2O2. The van der Waals surface area contributed by atoms with Gasteiger partial charge >= 0.3 is 5.97 Å². The smallest absolute Gasteiger partial charge is 0.370 e. The number of quaternary nitrogens is 1. The number of benzene rings is 1. The van der Waals surface area contributed by atoms with Crippen molar-refractivity contribution in [2.24, 2.45) is 5.92 Å². The highest BCUT2D eigenvalue weighted by Crippen LogP contribution is 2.13. The van der Waals surface area contributed by atoms with Gasteiger partial charge in [0.15, 0.2) is 0 Å². The van der Waals surface area contributed by atoms with Gasteiger partial charge in [-0.15, -0.1) is 0 Å². The average molecular weight is 335 g/mol. The standard InChI is InChI=1S/C18H22N2O2.ClH/c1-14(2)10-12-22-18(21)17(15-7-4-3-5-8-15)20-16-9-6-11-19-13-16;/h3-9,11,13-14,17,20H,10,12H2,1-2H3;1H. The first-order valence-electron chi connectivity index (χ1n) is 7.63. The van der Waals surface area contributed by atoms with Crippen LogP contribution in [0.2, 0.25) is 0 Å². The van der Waals surface area contributed by atoms with Crippen LogP contribution in [-0.2, 0) is 9.53 Å². The van der Waals surface area contributed by atoms with Crippen molar-refractivity contribution in [3.63, 3.8) is 0 Å². The Morgan fingerprint density at radius 1 is 1.17 bits per heavy atom. The second kappa shape index (κ2) is 9.98. The van der Waals surface area contributed by atoms with Crippen molar-refractivity contribution in [1.29, 1.82) is 0 Å². The molecule has 1 atom stereocenters. The van der Waals surface area contributed by atoms with Crippen LogP contribution in [0.3, 0.4) is 0 Å². The Balaban J connectivity index is 0.00000264. The lowest BCUT2D eigenvalue weighted by atomic mass is 10.1. The first-order valence-corrected chi connectivity index (χ1v) is 7.63. The van der Waals surface area contributed by atoms with Crippen LogP contribution < -0.4 is 17.7 Å². The number of pyridine rings is 1. The number of esters is 1. The number of nitrogens with two attached hydrogens (primary N) is 1. The molecule has 1 unspecified atom stereocenters. The fourth-order valence-corrected chi connectivity index (χ4v) is 2.11. The summed E-state index contributed by atoms with van der Waals surface area (Å²) < 4.78 is 5.45. The number of hydrogen-bond acceptors (Lipinski definition) is 3. The summed E-state index contributed by atoms with van der Waals surface area (Å²) in [6.07, 6.45) is 4.34. The molecule has 2 N–H and O–H groups in total. The van der Waals surface area contributed by atoms with Crippen LogP contribution in [0.5, 0.6) is 0 Å². The van der Waals surface area contributed by atoms with Crippen molar-refractivity contribution >= 4 is 11.7 Å². The molecule has 0 spiro atoms. The van der Waals surface area contributed by atoms with Crippen LogP contribution in [0.4, 0.5) is 5.69 Å². The summed E-state index contributed by atoms with van der Waals surface area (Å²) in [5, 5.41) is 1.90. The van der Waals surface area contributed by atoms with Gasteiger partial charge in [-0.3, -0.25) is 10.3 Å². The molecule has 0 aliphatic rings. The first kappa shape index (κ1) is 19.1. The predicted octanol–water partition coefficient (Wildman–Crippen LogP) is -0.389. The van der Waals surface area contributed by atoms with Crippen LogP contribution in [-0.4, -0.2) is 17.6 Å². The number of ether oxygens (including phenoxy) is 1. The van der Waals surface area contributed by atoms with E-state index < -0.39 is 6.04 Å². The maximum atomic E-state index is 12.5. The molecule has 2 aromatic rings. The van der Waals surface area contributed by atoms with E-state index in [-0.39, 0.29) is 18.4 Å². The van der Waals surface area contributed by atoms with Crippen LogP contribution >= 0.6 is 0 Å². The fourth-order valence-electron chi connectivity index (χ4n) is 2.11. The number of carbonyl (C=O) groups is 1. The van der Waals surface area contributed by atoms with Crippen LogP contribution in [0.1, 0.15) is 31.9 Å². The minimum Gasteiger partial charge on any atom is -1.00 e. The van der Waals surface area contributed by atoms with E-state index in [2.05, 4.69) is 18.8 Å². The lowest BCUT2D eigenvalue weighted by Gasteiger charge is -2.15. The van der Waals surface area contributed by atoms with Crippen LogP contribution in [0, 0.1) is 5.92 Å². The van der Waals surface area contributed by atoms with Gasteiger partial charge in [0.05, 0.1) is 12.8 Å². The summed E-state index contributed by atoms with van der Waals surface area (Å²) in [5.41, 5.74) is 1.85. The Labute approximate surface area is 143 Å². The highest BCUT2D eigenvalue weighted by atomic mass is 35.5. The topological polar surface area (TPSA) is 55.8 Å². The summed E-state index contributed by atoms with van der Waals surface area (Å²) in [4.78, 5) is 16.5. The number of aromatic nitrogens is 1. The lowest BCUT2D eigenvalue weighted by molar-refractivity contribution is -0.605. The Bertz CT molecular complexity index is 576. The van der Waals surface area contributed by atoms with E-state index in [1.165, 1.54) is 0 Å². The van der Waals surface area contributed by atoms with Crippen molar-refractivity contribution in [2.45, 2.75) is 26.3 Å². The molecule has 0 aliphatic carbocycles. The molecule has 124 valence electrons. The van der Waals surface area contributed by atoms with Gasteiger partial charge in [0.1, 0.15) is 5.69 Å². The van der Waals surface area contributed by atoms with E-state index in [4.69, 9.17) is 4.74 Å². The lowest BCUT2D eigenvalue weighted by Crippen LogP contribution is -3.00. The van der Waals surface area contributed by atoms with Crippen molar-refractivity contribution in [2.75, 3.05) is 6.61 Å². The van der Waals surface area contributed by atoms with Crippen molar-refractivity contribution in [3.05, 3.63) is 60.4 Å². The quantitative estimate of drug-likeness (QED) is 0.702. The highest BCUT2D eigenvalue weighted by Gasteiger charge is 2.26. The molecular weight excluding hydrogens is 312 g/mol. The van der Waals surface area contributed by atoms with Gasteiger partial charge in [-0.1, -0.05) is 44.2 Å². The maximum absolute atomic E-state index is 12.5. The van der Waals surface area contributed by atoms with Gasteiger partial charge in [0.2, 0.25) is 6.04 Å². The molecule has 0 saturated heterocycles. The van der Waals surface area contributed by atoms with Gasteiger partial charge in [-0.05, 0) is 18.4 Å². The molecule has 0 radical (unpaired) electrons. The largest absolute Gasteiger partial charge is 1.00 e. The zero-order valence-electron chi connectivity index (χ0n) is 13.5. The molecule has 0 bridgehead atoms. The summed E-state index contributed by atoms with van der Waals surface area (Å²) in [7, 11) is 0. The molecule has 1 aromatic heterocycles. The van der Waals surface area contributed by atoms with E-state index in [1.807, 2.05) is 47.8 Å². The zero-order valence-corrected chi connectivity index (χ0v) is 14.2. The number of carbonyl (C=O) groups excluding carboxylic acids is 1. The molecule has 4 nitrogen and oxygen atoms in total. The minimum atomic E-state index is -0.405. The minimum absolute atomic E-state index is 0. The molecule has 0 fully saturated rings. The van der Waals surface area contributed by atoms with Gasteiger partial charge in [0, 0.05) is 17.8 Å². The molecule has 1 heterocycles. The van der Waals surface area contributed by atoms with E-state index in [1.54, 1.807) is 12.4 Å². The molecule has 0 saturated carbocycles. The Kier molecular flexibility index (Phi) is 8.30. The molecule has 2 rings (SSSR count). The summed E-state index contributed by atoms with van der Waals surface area (Å²) in [5.74, 6) is 0.306. The third-order valence-electron chi connectivity index (χ3n) is 3.40. The Morgan fingerprint density at radius 3 is 2.52 bits per heavy atom. The van der Waals surface area contributed by atoms with Gasteiger partial charge in [-0.2, -0.15) is 0 Å². The zero-order chi connectivity index (χ0) is 15.8. The van der Waals surface area contributed by atoms with Crippen molar-refractivity contribution in [3.8, 4) is 0 Å². The molecule has 0 aliphatic heterocycles. The van der Waals surface area contributed by atoms with E-state index in [0.717, 1.165) is 17.7 Å². The third kappa shape index (κ3) is 6.38. The number of halogens is 1. The maximum Gasteiger partial charge on any atom is 0.370 e. The molecule has 5 heteroatoms. The number of hydrogen-bond donors (Lipinski definition) is 1. The normalized spacial score (nSPS) is 11.6. The predicted molar refractivity (Wildman–Crippen MR) is 85.4 cm³/mol. The second-order valence-corrected chi connectivity index (χ2v) is 5.69. The molecule has 1 aromatic carbocycles. The van der Waals surface area contributed by atoms with Gasteiger partial charge < -0.3 is 17.1 Å². The van der Waals surface area contributed by atoms with E-state index in [0.29, 0.717) is 12.5 Å². The third-order valence-corrected chi connectivity index (χ3v) is 3.40. The Hall–Kier alpha value is -1.91. The number of rotatable bonds is 7. The second-order valence-electron chi connectivity index (χ2n) is 5.69. The SMILES string of the molecule is CC(C)CCOC(=O)C([NH2+]c1cccnc1)c1ccccc1.[Cl-]. The summed E-state index contributed by atoms with van der Waals surface area (Å²) >= 11 is 0. The van der Waals surface area contributed by atoms with Gasteiger partial charge in [0.25, 0.3) is 0 Å². The molecule has 23 heavy (non-hydrogen) atoms. The van der Waals surface area contributed by atoms with Crippen molar-refractivity contribution < 1.29 is 27.3 Å². The van der Waals surface area contributed by atoms with Crippen LogP contribution in [0.15, 0.2) is 54.9 Å². The monoisotopic (exact) mass is 334 g/mol. The fraction of sp³-hybridized carbons (Fsp3) is 0.333. The summed E-state index contributed by atoms with van der Waals surface area (Å²) in [6.45, 7) is 4.69. The van der Waals surface area contributed by atoms with Crippen molar-refractivity contribution in [1.82, 2.24) is 4.98 Å².